The largest absolute Gasteiger partial charge is 0.573 e. The summed E-state index contributed by atoms with van der Waals surface area (Å²) in [5.74, 6) is -0.494. The van der Waals surface area contributed by atoms with E-state index in [1.807, 2.05) is 29.6 Å². The Hall–Kier alpha value is -4.70. The Bertz CT molecular complexity index is 1970. The third-order valence-corrected chi connectivity index (χ3v) is 9.63. The summed E-state index contributed by atoms with van der Waals surface area (Å²) < 4.78 is 41.4. The number of alkyl halides is 3. The number of halogens is 4. The number of benzene rings is 3. The molecule has 0 bridgehead atoms. The van der Waals surface area contributed by atoms with Gasteiger partial charge >= 0.3 is 12.4 Å². The van der Waals surface area contributed by atoms with Gasteiger partial charge in [-0.15, -0.1) is 36.9 Å². The first-order valence-corrected chi connectivity index (χ1v) is 18.3. The number of thiazole rings is 1. The normalized spacial score (nSPS) is 14.3. The van der Waals surface area contributed by atoms with Gasteiger partial charge in [-0.05, 0) is 58.9 Å². The van der Waals surface area contributed by atoms with Crippen LogP contribution >= 0.6 is 23.7 Å². The van der Waals surface area contributed by atoms with Crippen molar-refractivity contribution in [3.05, 3.63) is 88.4 Å². The number of piperazine rings is 1. The van der Waals surface area contributed by atoms with E-state index in [9.17, 15) is 27.9 Å². The lowest BCUT2D eigenvalue weighted by Crippen LogP contribution is -2.48. The van der Waals surface area contributed by atoms with Crippen LogP contribution in [0, 0.1) is 0 Å². The van der Waals surface area contributed by atoms with Crippen LogP contribution < -0.4 is 20.8 Å². The second kappa shape index (κ2) is 17.8. The molecule has 1 aliphatic rings. The first-order valence-electron chi connectivity index (χ1n) is 17.5. The fraction of sp³-hybridized carbons (Fsp3) is 0.385. The quantitative estimate of drug-likeness (QED) is 0.0937. The Morgan fingerprint density at radius 1 is 0.909 bits per heavy atom. The number of urea groups is 1. The first kappa shape index (κ1) is 43.0. The van der Waals surface area contributed by atoms with Crippen LogP contribution in [0.4, 0.5) is 29.3 Å². The highest BCUT2D eigenvalue weighted by Gasteiger charge is 2.31. The maximum Gasteiger partial charge on any atom is 0.573 e. The molecule has 0 radical (unpaired) electrons. The van der Waals surface area contributed by atoms with Gasteiger partial charge in [0.2, 0.25) is 0 Å². The Morgan fingerprint density at radius 3 is 2.20 bits per heavy atom. The second-order valence-corrected chi connectivity index (χ2v) is 16.0. The van der Waals surface area contributed by atoms with Gasteiger partial charge in [-0.25, -0.2) is 15.2 Å². The van der Waals surface area contributed by atoms with Gasteiger partial charge in [-0.2, -0.15) is 5.10 Å². The maximum absolute atomic E-state index is 12.7. The van der Waals surface area contributed by atoms with Crippen molar-refractivity contribution in [1.82, 2.24) is 20.2 Å². The van der Waals surface area contributed by atoms with Crippen molar-refractivity contribution in [3.8, 4) is 22.1 Å². The summed E-state index contributed by atoms with van der Waals surface area (Å²) in [4.78, 5) is 34.3. The van der Waals surface area contributed by atoms with Gasteiger partial charge in [0, 0.05) is 72.2 Å². The lowest BCUT2D eigenvalue weighted by molar-refractivity contribution is -0.274. The van der Waals surface area contributed by atoms with Gasteiger partial charge in [0.1, 0.15) is 16.5 Å². The zero-order valence-corrected chi connectivity index (χ0v) is 33.2. The van der Waals surface area contributed by atoms with Crippen LogP contribution in [0.25, 0.3) is 10.6 Å². The van der Waals surface area contributed by atoms with Crippen LogP contribution in [0.5, 0.6) is 11.5 Å². The molecule has 5 rings (SSSR count). The molecule has 1 fully saturated rings. The third-order valence-electron chi connectivity index (χ3n) is 8.69. The van der Waals surface area contributed by atoms with Crippen LogP contribution in [-0.2, 0) is 22.2 Å². The lowest BCUT2D eigenvalue weighted by atomic mass is 9.79. The molecule has 55 heavy (non-hydrogen) atoms. The molecule has 0 unspecified atom stereocenters. The number of rotatable bonds is 10. The third kappa shape index (κ3) is 12.7. The van der Waals surface area contributed by atoms with Crippen molar-refractivity contribution in [2.45, 2.75) is 65.3 Å². The van der Waals surface area contributed by atoms with Crippen LogP contribution in [0.3, 0.4) is 0 Å². The molecule has 0 saturated carbocycles. The number of ether oxygens (including phenoxy) is 1. The second-order valence-electron chi connectivity index (χ2n) is 15.2. The number of anilines is 2. The smallest absolute Gasteiger partial charge is 0.507 e. The Labute approximate surface area is 329 Å². The highest BCUT2D eigenvalue weighted by molar-refractivity contribution is 7.13. The maximum atomic E-state index is 12.7. The van der Waals surface area contributed by atoms with Crippen LogP contribution in [-0.4, -0.2) is 77.1 Å². The summed E-state index contributed by atoms with van der Waals surface area (Å²) in [5.41, 5.74) is 7.14. The standard InChI is InChI=1S/C39H46F3N7O4S.ClH/c1-37(2,3)27-18-26(34(51)32(19-27)38(4,5)6)21-43-47-33(50)23-49-16-14-48(15-17-49)22-30-24-54-35(44-30)25-10-12-28(13-11-25)45-36(52)46-29-8-7-9-31(20-29)53-39(40,41)42;/h7-13,18-21,24,51H,14-17,22-23H2,1-6H3,(H,47,50)(H2,45,46,52);1H/b43-21+;. The Balaban J connectivity index is 0.00000673. The summed E-state index contributed by atoms with van der Waals surface area (Å²) in [6.45, 7) is 16.4. The molecule has 1 aromatic heterocycles. The molecule has 296 valence electrons. The number of nitrogens with one attached hydrogen (secondary N) is 3. The molecular formula is C39H47ClF3N7O4S. The number of aromatic nitrogens is 1. The fourth-order valence-electron chi connectivity index (χ4n) is 5.78. The van der Waals surface area contributed by atoms with E-state index in [0.29, 0.717) is 30.9 Å². The molecule has 3 amide bonds. The van der Waals surface area contributed by atoms with Gasteiger partial charge in [0.15, 0.2) is 0 Å². The van der Waals surface area contributed by atoms with Gasteiger partial charge in [0.25, 0.3) is 5.91 Å². The number of phenolic OH excluding ortho intramolecular Hbond substituents is 1. The molecule has 0 aliphatic carbocycles. The first-order chi connectivity index (χ1) is 25.3. The molecule has 0 atom stereocenters. The van der Waals surface area contributed by atoms with Crippen LogP contribution in [0.1, 0.15) is 63.9 Å². The van der Waals surface area contributed by atoms with Gasteiger partial charge in [-0.3, -0.25) is 14.6 Å². The average molecular weight is 802 g/mol. The molecule has 4 aromatic rings. The van der Waals surface area contributed by atoms with Crippen molar-refractivity contribution >= 4 is 53.3 Å². The van der Waals surface area contributed by atoms with Gasteiger partial charge in [-0.1, -0.05) is 53.7 Å². The molecule has 2 heterocycles. The topological polar surface area (TPSA) is 131 Å². The average Bonchev–Trinajstić information content (AvgIpc) is 3.53. The molecule has 4 N–H and O–H groups in total. The summed E-state index contributed by atoms with van der Waals surface area (Å²) in [5, 5.41) is 23.1. The van der Waals surface area contributed by atoms with E-state index in [1.54, 1.807) is 12.1 Å². The number of hydrogen-bond donors (Lipinski definition) is 4. The predicted molar refractivity (Wildman–Crippen MR) is 214 cm³/mol. The number of carbonyl (C=O) groups excluding carboxylic acids is 2. The summed E-state index contributed by atoms with van der Waals surface area (Å²) in [6.07, 6.45) is -3.32. The van der Waals surface area contributed by atoms with Crippen LogP contribution in [0.15, 0.2) is 71.1 Å². The monoisotopic (exact) mass is 801 g/mol. The van der Waals surface area contributed by atoms with Crippen molar-refractivity contribution in [1.29, 1.82) is 0 Å². The fourth-order valence-corrected chi connectivity index (χ4v) is 6.60. The van der Waals surface area contributed by atoms with Gasteiger partial charge < -0.3 is 20.5 Å². The van der Waals surface area contributed by atoms with Crippen molar-refractivity contribution < 1.29 is 32.6 Å². The zero-order chi connectivity index (χ0) is 39.3. The number of carbonyl (C=O) groups is 2. The van der Waals surface area contributed by atoms with E-state index in [4.69, 9.17) is 4.98 Å². The van der Waals surface area contributed by atoms with E-state index < -0.39 is 18.1 Å². The van der Waals surface area contributed by atoms with E-state index in [-0.39, 0.29) is 47.1 Å². The minimum atomic E-state index is -4.83. The SMILES string of the molecule is CC(C)(C)c1cc(/C=N/NC(=O)CN2CCN(Cc3csc(-c4ccc(NC(=O)Nc5cccc(OC(F)(F)F)c5)cc4)n3)CC2)c(O)c(C(C)(C)C)c1.Cl. The molecule has 1 aliphatic heterocycles. The highest BCUT2D eigenvalue weighted by Crippen LogP contribution is 2.37. The van der Waals surface area contributed by atoms with E-state index in [1.165, 1.54) is 29.7 Å². The minimum absolute atomic E-state index is 0. The highest BCUT2D eigenvalue weighted by atomic mass is 35.5. The molecule has 3 aromatic carbocycles. The Kier molecular flexibility index (Phi) is 14.0. The number of phenols is 1. The van der Waals surface area contributed by atoms with E-state index >= 15 is 0 Å². The summed E-state index contributed by atoms with van der Waals surface area (Å²) in [6, 6.07) is 15.5. The van der Waals surface area contributed by atoms with E-state index in [0.717, 1.165) is 52.6 Å². The Morgan fingerprint density at radius 2 is 1.56 bits per heavy atom. The number of nitrogens with zero attached hydrogens (tertiary/aromatic N) is 4. The molecule has 1 saturated heterocycles. The van der Waals surface area contributed by atoms with Crippen molar-refractivity contribution in [2.24, 2.45) is 5.10 Å². The molecule has 16 heteroatoms. The molecular weight excluding hydrogens is 755 g/mol. The van der Waals surface area contributed by atoms with E-state index in [2.05, 4.69) is 77.2 Å². The van der Waals surface area contributed by atoms with Gasteiger partial charge in [0.05, 0.1) is 18.5 Å². The van der Waals surface area contributed by atoms with Crippen LogP contribution in [0.2, 0.25) is 0 Å². The van der Waals surface area contributed by atoms with Crippen molar-refractivity contribution in [3.63, 3.8) is 0 Å². The van der Waals surface area contributed by atoms with Crippen molar-refractivity contribution in [2.75, 3.05) is 43.4 Å². The summed E-state index contributed by atoms with van der Waals surface area (Å²) >= 11 is 1.52. The molecule has 0 spiro atoms. The number of hydrazone groups is 1. The number of amides is 3. The number of hydrogen-bond acceptors (Lipinski definition) is 9. The zero-order valence-electron chi connectivity index (χ0n) is 31.6. The number of aromatic hydroxyl groups is 1. The molecule has 11 nitrogen and oxygen atoms in total. The predicted octanol–water partition coefficient (Wildman–Crippen LogP) is 8.34. The minimum Gasteiger partial charge on any atom is -0.507 e. The summed E-state index contributed by atoms with van der Waals surface area (Å²) in [7, 11) is 0. The lowest BCUT2D eigenvalue weighted by Gasteiger charge is -2.33.